The van der Waals surface area contributed by atoms with Gasteiger partial charge in [-0.1, -0.05) is 59.4 Å². The zero-order chi connectivity index (χ0) is 23.2. The van der Waals surface area contributed by atoms with Gasteiger partial charge in [-0.15, -0.1) is 10.2 Å². The fourth-order valence-electron chi connectivity index (χ4n) is 2.99. The number of hydrogen-bond donors (Lipinski definition) is 2. The van der Waals surface area contributed by atoms with Crippen LogP contribution >= 0.6 is 35.1 Å². The van der Waals surface area contributed by atoms with Gasteiger partial charge < -0.3 is 15.9 Å². The van der Waals surface area contributed by atoms with Crippen molar-refractivity contribution in [1.82, 2.24) is 14.9 Å². The lowest BCUT2D eigenvalue weighted by Crippen LogP contribution is -2.17. The van der Waals surface area contributed by atoms with Crippen LogP contribution in [0.5, 0.6) is 5.75 Å². The summed E-state index contributed by atoms with van der Waals surface area (Å²) in [5.41, 5.74) is 1.45. The van der Waals surface area contributed by atoms with E-state index in [1.807, 2.05) is 72.8 Å². The molecule has 0 bridgehead atoms. The standard InChI is InChI=1S/C23H20ClN5O2S2/c1-31-19-8-4-2-6-17(19)22-27-28-23(29(22)25)32-14-21(30)26-18-7-3-5-9-20(18)33-16-12-10-15(24)11-13-16/h2-13H,14,25H2,1H3,(H,26,30). The summed E-state index contributed by atoms with van der Waals surface area (Å²) in [5.74, 6) is 7.24. The molecule has 0 unspecified atom stereocenters. The quantitative estimate of drug-likeness (QED) is 0.255. The summed E-state index contributed by atoms with van der Waals surface area (Å²) in [4.78, 5) is 14.6. The maximum Gasteiger partial charge on any atom is 0.234 e. The SMILES string of the molecule is COc1ccccc1-c1nnc(SCC(=O)Nc2ccccc2Sc2ccc(Cl)cc2)n1N. The van der Waals surface area contributed by atoms with Gasteiger partial charge in [-0.2, -0.15) is 0 Å². The smallest absolute Gasteiger partial charge is 0.234 e. The van der Waals surface area contributed by atoms with Crippen LogP contribution in [-0.2, 0) is 4.79 Å². The molecule has 7 nitrogen and oxygen atoms in total. The molecule has 0 aliphatic heterocycles. The molecule has 0 saturated heterocycles. The number of ether oxygens (including phenoxy) is 1. The van der Waals surface area contributed by atoms with E-state index in [1.165, 1.54) is 16.4 Å². The Morgan fingerprint density at radius 1 is 1.06 bits per heavy atom. The van der Waals surface area contributed by atoms with Crippen molar-refractivity contribution < 1.29 is 9.53 Å². The average Bonchev–Trinajstić information content (AvgIpc) is 3.20. The van der Waals surface area contributed by atoms with E-state index in [9.17, 15) is 4.79 Å². The van der Waals surface area contributed by atoms with E-state index in [4.69, 9.17) is 22.2 Å². The summed E-state index contributed by atoms with van der Waals surface area (Å²) in [6, 6.07) is 22.6. The predicted molar refractivity (Wildman–Crippen MR) is 134 cm³/mol. The number of benzene rings is 3. The van der Waals surface area contributed by atoms with Crippen molar-refractivity contribution in [2.24, 2.45) is 0 Å². The van der Waals surface area contributed by atoms with E-state index in [2.05, 4.69) is 15.5 Å². The van der Waals surface area contributed by atoms with Crippen molar-refractivity contribution in [2.45, 2.75) is 14.9 Å². The minimum absolute atomic E-state index is 0.126. The lowest BCUT2D eigenvalue weighted by molar-refractivity contribution is -0.113. The van der Waals surface area contributed by atoms with Gasteiger partial charge in [-0.3, -0.25) is 4.79 Å². The first-order valence-corrected chi connectivity index (χ1v) is 12.0. The van der Waals surface area contributed by atoms with E-state index in [0.717, 1.165) is 21.0 Å². The number of nitrogens with two attached hydrogens (primary N) is 1. The molecule has 0 saturated carbocycles. The molecule has 4 rings (SSSR count). The summed E-state index contributed by atoms with van der Waals surface area (Å²) in [5, 5.41) is 12.4. The first-order valence-electron chi connectivity index (χ1n) is 9.84. The number of nitrogen functional groups attached to an aromatic ring is 1. The molecule has 4 aromatic rings. The van der Waals surface area contributed by atoms with Crippen molar-refractivity contribution in [1.29, 1.82) is 0 Å². The number of carbonyl (C=O) groups is 1. The van der Waals surface area contributed by atoms with E-state index >= 15 is 0 Å². The van der Waals surface area contributed by atoms with E-state index < -0.39 is 0 Å². The number of carbonyl (C=O) groups excluding carboxylic acids is 1. The van der Waals surface area contributed by atoms with Gasteiger partial charge in [0.1, 0.15) is 5.75 Å². The number of anilines is 1. The second kappa shape index (κ2) is 10.7. The summed E-state index contributed by atoms with van der Waals surface area (Å²) in [6.45, 7) is 0. The molecular formula is C23H20ClN5O2S2. The zero-order valence-corrected chi connectivity index (χ0v) is 20.0. The number of hydrogen-bond acceptors (Lipinski definition) is 7. The third kappa shape index (κ3) is 5.62. The topological polar surface area (TPSA) is 95.1 Å². The molecule has 168 valence electrons. The molecular weight excluding hydrogens is 478 g/mol. The van der Waals surface area contributed by atoms with Crippen LogP contribution < -0.4 is 15.9 Å². The molecule has 3 N–H and O–H groups in total. The Morgan fingerprint density at radius 2 is 1.79 bits per heavy atom. The number of amides is 1. The molecule has 0 radical (unpaired) electrons. The predicted octanol–water partition coefficient (Wildman–Crippen LogP) is 5.20. The van der Waals surface area contributed by atoms with Crippen LogP contribution in [0.2, 0.25) is 5.02 Å². The van der Waals surface area contributed by atoms with Crippen molar-refractivity contribution in [3.63, 3.8) is 0 Å². The van der Waals surface area contributed by atoms with Crippen LogP contribution in [0.1, 0.15) is 0 Å². The highest BCUT2D eigenvalue weighted by Gasteiger charge is 2.17. The fraction of sp³-hybridized carbons (Fsp3) is 0.0870. The van der Waals surface area contributed by atoms with Gasteiger partial charge in [0.25, 0.3) is 0 Å². The third-order valence-electron chi connectivity index (χ3n) is 4.55. The summed E-state index contributed by atoms with van der Waals surface area (Å²) < 4.78 is 6.73. The van der Waals surface area contributed by atoms with Crippen LogP contribution in [0.15, 0.2) is 87.7 Å². The molecule has 3 aromatic carbocycles. The molecule has 0 aliphatic rings. The maximum absolute atomic E-state index is 12.6. The second-order valence-corrected chi connectivity index (χ2v) is 9.26. The van der Waals surface area contributed by atoms with Crippen LogP contribution in [-0.4, -0.2) is 33.6 Å². The number of rotatable bonds is 8. The van der Waals surface area contributed by atoms with Gasteiger partial charge in [0.15, 0.2) is 5.82 Å². The Bertz CT molecular complexity index is 1260. The van der Waals surface area contributed by atoms with Gasteiger partial charge in [-0.05, 0) is 48.5 Å². The van der Waals surface area contributed by atoms with Crippen LogP contribution in [0.25, 0.3) is 11.4 Å². The maximum atomic E-state index is 12.6. The number of nitrogens with one attached hydrogen (secondary N) is 1. The third-order valence-corrected chi connectivity index (χ3v) is 6.83. The van der Waals surface area contributed by atoms with Crippen LogP contribution in [0.3, 0.4) is 0 Å². The Hall–Kier alpha value is -3.14. The van der Waals surface area contributed by atoms with Crippen molar-refractivity contribution in [3.8, 4) is 17.1 Å². The number of para-hydroxylation sites is 2. The van der Waals surface area contributed by atoms with Crippen molar-refractivity contribution >= 4 is 46.7 Å². The Kier molecular flexibility index (Phi) is 7.43. The van der Waals surface area contributed by atoms with Crippen LogP contribution in [0.4, 0.5) is 5.69 Å². The number of thioether (sulfide) groups is 1. The summed E-state index contributed by atoms with van der Waals surface area (Å²) >= 11 is 8.72. The van der Waals surface area contributed by atoms with Crippen molar-refractivity contribution in [3.05, 3.63) is 77.8 Å². The summed E-state index contributed by atoms with van der Waals surface area (Å²) in [7, 11) is 1.58. The van der Waals surface area contributed by atoms with Crippen LogP contribution in [0, 0.1) is 0 Å². The van der Waals surface area contributed by atoms with Gasteiger partial charge in [0.05, 0.1) is 24.1 Å². The number of methoxy groups -OCH3 is 1. The first kappa shape index (κ1) is 23.0. The van der Waals surface area contributed by atoms with Gasteiger partial charge >= 0.3 is 0 Å². The molecule has 33 heavy (non-hydrogen) atoms. The molecule has 1 amide bonds. The molecule has 1 heterocycles. The molecule has 10 heteroatoms. The Balaban J connectivity index is 1.42. The summed E-state index contributed by atoms with van der Waals surface area (Å²) in [6.07, 6.45) is 0. The van der Waals surface area contributed by atoms with Gasteiger partial charge in [0, 0.05) is 14.8 Å². The zero-order valence-electron chi connectivity index (χ0n) is 17.6. The lowest BCUT2D eigenvalue weighted by atomic mass is 10.2. The molecule has 0 aliphatic carbocycles. The van der Waals surface area contributed by atoms with E-state index in [-0.39, 0.29) is 11.7 Å². The molecule has 0 atom stereocenters. The number of halogens is 1. The Labute approximate surface area is 204 Å². The highest BCUT2D eigenvalue weighted by molar-refractivity contribution is 8.00. The molecule has 0 fully saturated rings. The minimum atomic E-state index is -0.175. The first-order chi connectivity index (χ1) is 16.0. The minimum Gasteiger partial charge on any atom is -0.496 e. The second-order valence-electron chi connectivity index (χ2n) is 6.77. The monoisotopic (exact) mass is 497 g/mol. The normalized spacial score (nSPS) is 10.7. The lowest BCUT2D eigenvalue weighted by Gasteiger charge is -2.11. The van der Waals surface area contributed by atoms with E-state index in [0.29, 0.717) is 21.8 Å². The fourth-order valence-corrected chi connectivity index (χ4v) is 4.68. The Morgan fingerprint density at radius 3 is 2.58 bits per heavy atom. The van der Waals surface area contributed by atoms with Gasteiger partial charge in [-0.25, -0.2) is 4.68 Å². The largest absolute Gasteiger partial charge is 0.496 e. The number of nitrogens with zero attached hydrogens (tertiary/aromatic N) is 3. The van der Waals surface area contributed by atoms with Gasteiger partial charge in [0.2, 0.25) is 11.1 Å². The highest BCUT2D eigenvalue weighted by atomic mass is 35.5. The number of aromatic nitrogens is 3. The van der Waals surface area contributed by atoms with Crippen molar-refractivity contribution in [2.75, 3.05) is 24.0 Å². The molecule has 0 spiro atoms. The molecule has 1 aromatic heterocycles. The highest BCUT2D eigenvalue weighted by Crippen LogP contribution is 2.34. The van der Waals surface area contributed by atoms with E-state index in [1.54, 1.807) is 18.9 Å². The average molecular weight is 498 g/mol.